The predicted molar refractivity (Wildman–Crippen MR) is 77.3 cm³/mol. The van der Waals surface area contributed by atoms with Crippen LogP contribution in [-0.2, 0) is 9.53 Å². The van der Waals surface area contributed by atoms with Crippen molar-refractivity contribution < 1.29 is 24.4 Å². The van der Waals surface area contributed by atoms with Crippen LogP contribution in [0.5, 0.6) is 0 Å². The van der Waals surface area contributed by atoms with Gasteiger partial charge >= 0.3 is 7.12 Å². The Bertz CT molecular complexity index is 543. The van der Waals surface area contributed by atoms with E-state index in [1.54, 1.807) is 17.0 Å². The van der Waals surface area contributed by atoms with Crippen LogP contribution in [0.4, 0.5) is 5.69 Å². The molecule has 7 nitrogen and oxygen atoms in total. The van der Waals surface area contributed by atoms with Crippen molar-refractivity contribution in [2.75, 3.05) is 31.6 Å². The number of morpholine rings is 1. The van der Waals surface area contributed by atoms with Crippen molar-refractivity contribution in [3.63, 3.8) is 0 Å². The summed E-state index contributed by atoms with van der Waals surface area (Å²) in [7, 11) is -1.77. The number of benzene rings is 1. The second-order valence-corrected chi connectivity index (χ2v) is 4.73. The normalized spacial score (nSPS) is 14.7. The maximum Gasteiger partial charge on any atom is 0.490 e. The molecule has 0 saturated carbocycles. The Hall–Kier alpha value is -1.90. The molecule has 0 atom stereocenters. The summed E-state index contributed by atoms with van der Waals surface area (Å²) >= 11 is 0. The van der Waals surface area contributed by atoms with Crippen molar-refractivity contribution in [1.82, 2.24) is 4.90 Å². The maximum atomic E-state index is 12.5. The molecule has 21 heavy (non-hydrogen) atoms. The number of carbonyl (C=O) groups is 2. The molecule has 1 saturated heterocycles. The SMILES string of the molecule is CC(=O)Nc1c(B(O)O)cccc1C(=O)N1CCOCC1. The number of hydrogen-bond donors (Lipinski definition) is 3. The number of nitrogens with one attached hydrogen (secondary N) is 1. The summed E-state index contributed by atoms with van der Waals surface area (Å²) in [5.41, 5.74) is 0.457. The second kappa shape index (κ2) is 6.71. The van der Waals surface area contributed by atoms with E-state index in [2.05, 4.69) is 5.32 Å². The van der Waals surface area contributed by atoms with Crippen LogP contribution < -0.4 is 10.8 Å². The van der Waals surface area contributed by atoms with Crippen LogP contribution >= 0.6 is 0 Å². The topological polar surface area (TPSA) is 99.1 Å². The Morgan fingerprint density at radius 2 is 1.95 bits per heavy atom. The molecule has 3 N–H and O–H groups in total. The fourth-order valence-corrected chi connectivity index (χ4v) is 2.22. The Balaban J connectivity index is 2.38. The Labute approximate surface area is 122 Å². The molecule has 0 aromatic heterocycles. The van der Waals surface area contributed by atoms with Crippen molar-refractivity contribution >= 4 is 30.1 Å². The molecule has 1 aliphatic heterocycles. The van der Waals surface area contributed by atoms with E-state index < -0.39 is 7.12 Å². The van der Waals surface area contributed by atoms with Gasteiger partial charge in [0.2, 0.25) is 5.91 Å². The lowest BCUT2D eigenvalue weighted by atomic mass is 9.77. The summed E-state index contributed by atoms with van der Waals surface area (Å²) in [4.78, 5) is 25.5. The fraction of sp³-hybridized carbons (Fsp3) is 0.385. The van der Waals surface area contributed by atoms with Gasteiger partial charge in [0, 0.05) is 25.5 Å². The molecule has 8 heteroatoms. The highest BCUT2D eigenvalue weighted by Gasteiger charge is 2.26. The minimum Gasteiger partial charge on any atom is -0.423 e. The molecule has 2 rings (SSSR count). The van der Waals surface area contributed by atoms with Crippen LogP contribution in [0.2, 0.25) is 0 Å². The Morgan fingerprint density at radius 3 is 2.52 bits per heavy atom. The molecule has 1 aromatic carbocycles. The number of amides is 2. The molecular weight excluding hydrogens is 275 g/mol. The van der Waals surface area contributed by atoms with Crippen molar-refractivity contribution in [3.8, 4) is 0 Å². The van der Waals surface area contributed by atoms with Gasteiger partial charge in [0.15, 0.2) is 0 Å². The molecule has 0 unspecified atom stereocenters. The van der Waals surface area contributed by atoms with Gasteiger partial charge in [0.25, 0.3) is 5.91 Å². The van der Waals surface area contributed by atoms with E-state index in [0.29, 0.717) is 26.3 Å². The first kappa shape index (κ1) is 15.5. The molecular formula is C13H17BN2O5. The molecule has 112 valence electrons. The third kappa shape index (κ3) is 3.60. The molecule has 0 bridgehead atoms. The summed E-state index contributed by atoms with van der Waals surface area (Å²) in [6.07, 6.45) is 0. The van der Waals surface area contributed by atoms with E-state index in [4.69, 9.17) is 4.74 Å². The molecule has 0 aliphatic carbocycles. The lowest BCUT2D eigenvalue weighted by molar-refractivity contribution is -0.114. The van der Waals surface area contributed by atoms with Gasteiger partial charge in [0.1, 0.15) is 0 Å². The molecule has 1 aromatic rings. The van der Waals surface area contributed by atoms with E-state index in [9.17, 15) is 19.6 Å². The number of para-hydroxylation sites is 1. The van der Waals surface area contributed by atoms with Gasteiger partial charge in [-0.1, -0.05) is 12.1 Å². The summed E-state index contributed by atoms with van der Waals surface area (Å²) in [5, 5.41) is 21.3. The van der Waals surface area contributed by atoms with E-state index >= 15 is 0 Å². The number of hydrogen-bond acceptors (Lipinski definition) is 5. The third-order valence-corrected chi connectivity index (χ3v) is 3.20. The molecule has 2 amide bonds. The predicted octanol–water partition coefficient (Wildman–Crippen LogP) is -1.20. The van der Waals surface area contributed by atoms with Crippen LogP contribution in [0.1, 0.15) is 17.3 Å². The zero-order valence-electron chi connectivity index (χ0n) is 11.7. The minimum absolute atomic E-state index is 0.0873. The van der Waals surface area contributed by atoms with E-state index in [1.165, 1.54) is 13.0 Å². The van der Waals surface area contributed by atoms with Crippen LogP contribution in [0.15, 0.2) is 18.2 Å². The highest BCUT2D eigenvalue weighted by atomic mass is 16.5. The second-order valence-electron chi connectivity index (χ2n) is 4.73. The third-order valence-electron chi connectivity index (χ3n) is 3.20. The van der Waals surface area contributed by atoms with Gasteiger partial charge in [-0.3, -0.25) is 9.59 Å². The Morgan fingerprint density at radius 1 is 1.29 bits per heavy atom. The van der Waals surface area contributed by atoms with Crippen molar-refractivity contribution in [2.45, 2.75) is 6.92 Å². The van der Waals surface area contributed by atoms with Gasteiger partial charge in [-0.25, -0.2) is 0 Å². The number of anilines is 1. The standard InChI is InChI=1S/C13H17BN2O5/c1-9(17)15-12-10(3-2-4-11(12)14(19)20)13(18)16-5-7-21-8-6-16/h2-4,19-20H,5-8H2,1H3,(H,15,17). The van der Waals surface area contributed by atoms with Gasteiger partial charge in [-0.05, 0) is 6.07 Å². The zero-order valence-corrected chi connectivity index (χ0v) is 11.7. The van der Waals surface area contributed by atoms with Gasteiger partial charge in [-0.15, -0.1) is 0 Å². The molecule has 0 spiro atoms. The van der Waals surface area contributed by atoms with E-state index in [1.807, 2.05) is 0 Å². The largest absolute Gasteiger partial charge is 0.490 e. The van der Waals surface area contributed by atoms with Gasteiger partial charge < -0.3 is 25.0 Å². The number of nitrogens with zero attached hydrogens (tertiary/aromatic N) is 1. The lowest BCUT2D eigenvalue weighted by Gasteiger charge is -2.28. The first-order valence-corrected chi connectivity index (χ1v) is 6.64. The maximum absolute atomic E-state index is 12.5. The molecule has 1 aliphatic rings. The van der Waals surface area contributed by atoms with Crippen molar-refractivity contribution in [1.29, 1.82) is 0 Å². The van der Waals surface area contributed by atoms with Gasteiger partial charge in [0.05, 0.1) is 24.5 Å². The van der Waals surface area contributed by atoms with Crippen LogP contribution in [0.25, 0.3) is 0 Å². The van der Waals surface area contributed by atoms with E-state index in [-0.39, 0.29) is 28.5 Å². The molecule has 0 radical (unpaired) electrons. The van der Waals surface area contributed by atoms with Gasteiger partial charge in [-0.2, -0.15) is 0 Å². The number of ether oxygens (including phenoxy) is 1. The quantitative estimate of drug-likeness (QED) is 0.608. The van der Waals surface area contributed by atoms with Crippen LogP contribution in [0.3, 0.4) is 0 Å². The monoisotopic (exact) mass is 292 g/mol. The lowest BCUT2D eigenvalue weighted by Crippen LogP contribution is -2.42. The summed E-state index contributed by atoms with van der Waals surface area (Å²) in [6.45, 7) is 3.14. The number of carbonyl (C=O) groups excluding carboxylic acids is 2. The fourth-order valence-electron chi connectivity index (χ4n) is 2.22. The van der Waals surface area contributed by atoms with Crippen molar-refractivity contribution in [3.05, 3.63) is 23.8 Å². The summed E-state index contributed by atoms with van der Waals surface area (Å²) in [6, 6.07) is 4.55. The zero-order chi connectivity index (χ0) is 15.4. The average Bonchev–Trinajstić information content (AvgIpc) is 2.47. The summed E-state index contributed by atoms with van der Waals surface area (Å²) in [5.74, 6) is -0.663. The average molecular weight is 292 g/mol. The van der Waals surface area contributed by atoms with Crippen LogP contribution in [0, 0.1) is 0 Å². The Kier molecular flexibility index (Phi) is 4.95. The number of rotatable bonds is 3. The minimum atomic E-state index is -1.77. The molecule has 1 heterocycles. The first-order valence-electron chi connectivity index (χ1n) is 6.64. The first-order chi connectivity index (χ1) is 10.0. The molecule has 1 fully saturated rings. The summed E-state index contributed by atoms with van der Waals surface area (Å²) < 4.78 is 5.20. The smallest absolute Gasteiger partial charge is 0.423 e. The highest BCUT2D eigenvalue weighted by Crippen LogP contribution is 2.17. The highest BCUT2D eigenvalue weighted by molar-refractivity contribution is 6.61. The van der Waals surface area contributed by atoms with Crippen molar-refractivity contribution in [2.24, 2.45) is 0 Å². The van der Waals surface area contributed by atoms with Crippen LogP contribution in [-0.4, -0.2) is 60.2 Å². The van der Waals surface area contributed by atoms with E-state index in [0.717, 1.165) is 0 Å².